The average molecular weight is 191 g/mol. The molecule has 0 aromatic heterocycles. The van der Waals surface area contributed by atoms with E-state index in [1.807, 2.05) is 0 Å². The van der Waals surface area contributed by atoms with Gasteiger partial charge in [-0.15, -0.1) is 11.6 Å². The van der Waals surface area contributed by atoms with Gasteiger partial charge in [0, 0.05) is 31.6 Å². The Balaban J connectivity index is 0.000000150. The normalized spacial score (nSPS) is 22.6. The van der Waals surface area contributed by atoms with E-state index in [1.54, 1.807) is 4.90 Å². The Kier molecular flexibility index (Phi) is 4.40. The van der Waals surface area contributed by atoms with Gasteiger partial charge in [0.15, 0.2) is 0 Å². The fourth-order valence-electron chi connectivity index (χ4n) is 0.851. The van der Waals surface area contributed by atoms with Gasteiger partial charge in [-0.2, -0.15) is 0 Å². The maximum atomic E-state index is 10.1. The first kappa shape index (κ1) is 9.81. The number of piperazine rings is 1. The van der Waals surface area contributed by atoms with Crippen molar-refractivity contribution in [1.29, 1.82) is 0 Å². The van der Waals surface area contributed by atoms with Crippen molar-refractivity contribution >= 4 is 18.0 Å². The molecule has 1 heterocycles. The summed E-state index contributed by atoms with van der Waals surface area (Å²) >= 11 is 5.39. The molecule has 1 amide bonds. The van der Waals surface area contributed by atoms with Crippen LogP contribution in [0.25, 0.3) is 0 Å². The summed E-state index contributed by atoms with van der Waals surface area (Å²) in [4.78, 5) is 11.8. The molecule has 0 radical (unpaired) electrons. The molecular formula is C8H15ClN2O. The van der Waals surface area contributed by atoms with Gasteiger partial charge >= 0.3 is 0 Å². The van der Waals surface area contributed by atoms with Crippen LogP contribution in [0.15, 0.2) is 0 Å². The highest BCUT2D eigenvalue weighted by atomic mass is 35.5. The molecule has 0 aromatic carbocycles. The van der Waals surface area contributed by atoms with Gasteiger partial charge in [0.05, 0.1) is 0 Å². The average Bonchev–Trinajstić information content (AvgIpc) is 2.90. The molecule has 0 atom stereocenters. The van der Waals surface area contributed by atoms with E-state index >= 15 is 0 Å². The monoisotopic (exact) mass is 190 g/mol. The molecule has 0 spiro atoms. The highest BCUT2D eigenvalue weighted by Crippen LogP contribution is 2.25. The van der Waals surface area contributed by atoms with Crippen LogP contribution in [0.4, 0.5) is 0 Å². The largest absolute Gasteiger partial charge is 0.343 e. The van der Waals surface area contributed by atoms with E-state index in [0.717, 1.165) is 32.6 Å². The highest BCUT2D eigenvalue weighted by Gasteiger charge is 2.15. The van der Waals surface area contributed by atoms with Crippen molar-refractivity contribution in [2.45, 2.75) is 18.2 Å². The predicted octanol–water partition coefficient (Wildman–Crippen LogP) is 0.436. The molecule has 3 nitrogen and oxygen atoms in total. The number of halogens is 1. The second-order valence-corrected chi connectivity index (χ2v) is 3.68. The lowest BCUT2D eigenvalue weighted by Gasteiger charge is -2.22. The Hall–Kier alpha value is -0.280. The van der Waals surface area contributed by atoms with Crippen LogP contribution in [0.1, 0.15) is 12.8 Å². The second kappa shape index (κ2) is 5.38. The van der Waals surface area contributed by atoms with Crippen LogP contribution in [0.3, 0.4) is 0 Å². The topological polar surface area (TPSA) is 32.3 Å². The summed E-state index contributed by atoms with van der Waals surface area (Å²) in [6.45, 7) is 3.62. The number of hydrogen-bond donors (Lipinski definition) is 1. The molecular weight excluding hydrogens is 176 g/mol. The second-order valence-electron chi connectivity index (χ2n) is 3.07. The smallest absolute Gasteiger partial charge is 0.209 e. The van der Waals surface area contributed by atoms with E-state index in [1.165, 1.54) is 12.8 Å². The zero-order valence-electron chi connectivity index (χ0n) is 7.13. The van der Waals surface area contributed by atoms with Crippen molar-refractivity contribution in [1.82, 2.24) is 10.2 Å². The third-order valence-electron chi connectivity index (χ3n) is 1.81. The van der Waals surface area contributed by atoms with E-state index in [4.69, 9.17) is 11.6 Å². The molecule has 2 aliphatic rings. The Morgan fingerprint density at radius 3 is 2.08 bits per heavy atom. The number of carbonyl (C=O) groups is 1. The fraction of sp³-hybridized carbons (Fsp3) is 0.875. The molecule has 1 aliphatic heterocycles. The molecule has 1 saturated heterocycles. The minimum Gasteiger partial charge on any atom is -0.343 e. The SMILES string of the molecule is ClC1CC1.O=CN1CCNCC1. The third kappa shape index (κ3) is 4.57. The molecule has 4 heteroatoms. The maximum absolute atomic E-state index is 10.1. The predicted molar refractivity (Wildman–Crippen MR) is 49.4 cm³/mol. The number of hydrogen-bond acceptors (Lipinski definition) is 2. The Morgan fingerprint density at radius 2 is 1.83 bits per heavy atom. The van der Waals surface area contributed by atoms with Gasteiger partial charge in [-0.1, -0.05) is 0 Å². The first-order valence-corrected chi connectivity index (χ1v) is 4.80. The summed E-state index contributed by atoms with van der Waals surface area (Å²) in [5.41, 5.74) is 0. The van der Waals surface area contributed by atoms with Crippen LogP contribution in [-0.2, 0) is 4.79 Å². The molecule has 1 saturated carbocycles. The van der Waals surface area contributed by atoms with E-state index in [2.05, 4.69) is 5.32 Å². The molecule has 0 unspecified atom stereocenters. The van der Waals surface area contributed by atoms with Crippen molar-refractivity contribution in [2.75, 3.05) is 26.2 Å². The maximum Gasteiger partial charge on any atom is 0.209 e. The summed E-state index contributed by atoms with van der Waals surface area (Å²) in [6, 6.07) is 0. The van der Waals surface area contributed by atoms with Crippen molar-refractivity contribution in [3.8, 4) is 0 Å². The van der Waals surface area contributed by atoms with Gasteiger partial charge in [-0.05, 0) is 12.8 Å². The minimum atomic E-state index is 0.556. The molecule has 70 valence electrons. The minimum absolute atomic E-state index is 0.556. The number of alkyl halides is 1. The van der Waals surface area contributed by atoms with E-state index in [9.17, 15) is 4.79 Å². The third-order valence-corrected chi connectivity index (χ3v) is 2.24. The van der Waals surface area contributed by atoms with Crippen molar-refractivity contribution < 1.29 is 4.79 Å². The van der Waals surface area contributed by atoms with Crippen LogP contribution in [-0.4, -0.2) is 42.9 Å². The van der Waals surface area contributed by atoms with Gasteiger partial charge in [0.2, 0.25) is 6.41 Å². The van der Waals surface area contributed by atoms with E-state index in [0.29, 0.717) is 5.38 Å². The van der Waals surface area contributed by atoms with Crippen molar-refractivity contribution in [3.05, 3.63) is 0 Å². The van der Waals surface area contributed by atoms with Gasteiger partial charge in [-0.3, -0.25) is 4.79 Å². The molecule has 2 rings (SSSR count). The van der Waals surface area contributed by atoms with Crippen LogP contribution in [0.2, 0.25) is 0 Å². The lowest BCUT2D eigenvalue weighted by atomic mass is 10.4. The first-order chi connectivity index (χ1) is 5.83. The summed E-state index contributed by atoms with van der Waals surface area (Å²) < 4.78 is 0. The van der Waals surface area contributed by atoms with Gasteiger partial charge in [0.25, 0.3) is 0 Å². The van der Waals surface area contributed by atoms with E-state index in [-0.39, 0.29) is 0 Å². The molecule has 0 aromatic rings. The molecule has 1 N–H and O–H groups in total. The fourth-order valence-corrected chi connectivity index (χ4v) is 0.977. The molecule has 0 bridgehead atoms. The lowest BCUT2D eigenvalue weighted by Crippen LogP contribution is -2.42. The molecule has 1 aliphatic carbocycles. The zero-order chi connectivity index (χ0) is 8.81. The number of nitrogens with zero attached hydrogens (tertiary/aromatic N) is 1. The summed E-state index contributed by atoms with van der Waals surface area (Å²) in [7, 11) is 0. The van der Waals surface area contributed by atoms with E-state index < -0.39 is 0 Å². The van der Waals surface area contributed by atoms with Gasteiger partial charge in [0.1, 0.15) is 0 Å². The quantitative estimate of drug-likeness (QED) is 0.481. The van der Waals surface area contributed by atoms with Crippen molar-refractivity contribution in [2.24, 2.45) is 0 Å². The standard InChI is InChI=1S/C5H10N2O.C3H5Cl/c8-5-7-3-1-6-2-4-7;4-3-1-2-3/h5-6H,1-4H2;3H,1-2H2. The van der Waals surface area contributed by atoms with Gasteiger partial charge in [-0.25, -0.2) is 0 Å². The number of amides is 1. The van der Waals surface area contributed by atoms with Crippen LogP contribution < -0.4 is 5.32 Å². The zero-order valence-corrected chi connectivity index (χ0v) is 7.89. The van der Waals surface area contributed by atoms with Crippen LogP contribution in [0, 0.1) is 0 Å². The summed E-state index contributed by atoms with van der Waals surface area (Å²) in [5.74, 6) is 0. The Bertz CT molecular complexity index is 133. The summed E-state index contributed by atoms with van der Waals surface area (Å²) in [6.07, 6.45) is 3.41. The van der Waals surface area contributed by atoms with Crippen LogP contribution >= 0.6 is 11.6 Å². The Morgan fingerprint density at radius 1 is 1.33 bits per heavy atom. The lowest BCUT2D eigenvalue weighted by molar-refractivity contribution is -0.118. The molecule has 12 heavy (non-hydrogen) atoms. The van der Waals surface area contributed by atoms with Gasteiger partial charge < -0.3 is 10.2 Å². The summed E-state index contributed by atoms with van der Waals surface area (Å²) in [5, 5.41) is 3.70. The molecule has 2 fully saturated rings. The van der Waals surface area contributed by atoms with Crippen LogP contribution in [0.5, 0.6) is 0 Å². The Labute approximate surface area is 78.1 Å². The first-order valence-electron chi connectivity index (χ1n) is 4.37. The number of carbonyl (C=O) groups excluding carboxylic acids is 1. The number of nitrogens with one attached hydrogen (secondary N) is 1. The number of rotatable bonds is 1. The van der Waals surface area contributed by atoms with Crippen molar-refractivity contribution in [3.63, 3.8) is 0 Å². The highest BCUT2D eigenvalue weighted by molar-refractivity contribution is 6.22.